The summed E-state index contributed by atoms with van der Waals surface area (Å²) in [5, 5.41) is 52.5. The lowest BCUT2D eigenvalue weighted by Gasteiger charge is -2.25. The number of aliphatic imine (C=N–C) groups is 1. The third-order valence-electron chi connectivity index (χ3n) is 13.0. The van der Waals surface area contributed by atoms with Crippen LogP contribution >= 0.6 is 11.8 Å². The topological polar surface area (TPSA) is 512 Å². The first-order chi connectivity index (χ1) is 40.0. The molecule has 0 aliphatic carbocycles. The van der Waals surface area contributed by atoms with Gasteiger partial charge in [0.25, 0.3) is 6.47 Å². The number of amides is 8. The van der Waals surface area contributed by atoms with Crippen LogP contribution in [0.1, 0.15) is 116 Å². The summed E-state index contributed by atoms with van der Waals surface area (Å²) < 4.78 is 4.74. The summed E-state index contributed by atoms with van der Waals surface area (Å²) in [5.41, 5.74) is 17.3. The molecule has 0 radical (unpaired) electrons. The zero-order chi connectivity index (χ0) is 63.9. The number of ketones is 2. The average molecular weight is 1220 g/mol. The second-order valence-electron chi connectivity index (χ2n) is 20.3. The standard InChI is InChI=1S/C53H77N11O20S/c1-28(2)46(50(80)61-36(10-8-16-57-29(3)66)49(79)59-33-14-12-30(13-15-33)25-84-27-65)63-41(69)11-5-4-6-18-64-42(70)24-40(51(64)81)85-26-32(52(82)83)20-39(68)37(23-45(75)76)62-47(77)31(21-43(71)72)19-38(67)35(9-7-17-58-53(55)56)60-48(78)34(54)22-44(73)74/h12-15,27-28,31-32,34-37,40,46H,4-11,16-26,54H2,1-3H3,(H,57,66)(H,59,79)(H,60,78)(H,61,80)(H,62,77)(H,63,69)(H,71,72)(H,73,74)(H,75,76)(H,82,83)(H4,55,56,58)/t31-,32-,34-,35-,36-,37-,40?,46-/m0/s1. The van der Waals surface area contributed by atoms with Gasteiger partial charge in [0, 0.05) is 63.7 Å². The number of carbonyl (C=O) groups excluding carboxylic acids is 11. The Morgan fingerprint density at radius 1 is 0.718 bits per heavy atom. The lowest BCUT2D eigenvalue weighted by Crippen LogP contribution is -2.54. The number of carbonyl (C=O) groups is 15. The molecule has 1 saturated heterocycles. The molecule has 1 aromatic carbocycles. The number of ether oxygens (including phenoxy) is 1. The second kappa shape index (κ2) is 37.6. The van der Waals surface area contributed by atoms with Crippen molar-refractivity contribution in [3.05, 3.63) is 29.8 Å². The Bertz CT molecular complexity index is 2600. The molecule has 1 aliphatic heterocycles. The number of hydrogen-bond donors (Lipinski definition) is 13. The minimum Gasteiger partial charge on any atom is -0.481 e. The molecule has 85 heavy (non-hydrogen) atoms. The number of hydrogen-bond acceptors (Lipinski definition) is 19. The maximum atomic E-state index is 13.6. The van der Waals surface area contributed by atoms with Gasteiger partial charge in [-0.2, -0.15) is 0 Å². The highest BCUT2D eigenvalue weighted by atomic mass is 32.2. The number of carboxylic acids is 4. The Kier molecular flexibility index (Phi) is 32.1. The van der Waals surface area contributed by atoms with Crippen molar-refractivity contribution in [3.8, 4) is 0 Å². The van der Waals surface area contributed by atoms with Crippen molar-refractivity contribution < 1.29 is 97.1 Å². The predicted octanol–water partition coefficient (Wildman–Crippen LogP) is -1.73. The largest absolute Gasteiger partial charge is 0.481 e. The molecule has 31 nitrogen and oxygen atoms in total. The normalized spacial score (nSPS) is 15.3. The number of nitrogens with zero attached hydrogens (tertiary/aromatic N) is 2. The van der Waals surface area contributed by atoms with Crippen LogP contribution in [0.5, 0.6) is 0 Å². The van der Waals surface area contributed by atoms with E-state index in [1.807, 2.05) is 0 Å². The van der Waals surface area contributed by atoms with E-state index in [-0.39, 0.29) is 83.1 Å². The van der Waals surface area contributed by atoms with Gasteiger partial charge in [-0.25, -0.2) is 0 Å². The van der Waals surface area contributed by atoms with Crippen LogP contribution in [-0.4, -0.2) is 181 Å². The Morgan fingerprint density at radius 3 is 1.91 bits per heavy atom. The summed E-state index contributed by atoms with van der Waals surface area (Å²) in [6.45, 7) is 5.17. The van der Waals surface area contributed by atoms with Crippen LogP contribution in [0.25, 0.3) is 0 Å². The summed E-state index contributed by atoms with van der Waals surface area (Å²) in [5.74, 6) is -18.4. The highest BCUT2D eigenvalue weighted by Crippen LogP contribution is 2.29. The lowest BCUT2D eigenvalue weighted by molar-refractivity contribution is -0.145. The summed E-state index contributed by atoms with van der Waals surface area (Å²) in [6.07, 6.45) is -4.03. The maximum Gasteiger partial charge on any atom is 0.307 e. The first-order valence-electron chi connectivity index (χ1n) is 27.1. The second-order valence-corrected chi connectivity index (χ2v) is 21.6. The van der Waals surface area contributed by atoms with Crippen LogP contribution < -0.4 is 49.1 Å². The monoisotopic (exact) mass is 1220 g/mol. The molecule has 1 heterocycles. The van der Waals surface area contributed by atoms with E-state index in [9.17, 15) is 87.2 Å². The number of benzene rings is 1. The number of nitrogens with two attached hydrogens (primary N) is 3. The molecule has 0 bridgehead atoms. The molecule has 8 atom stereocenters. The van der Waals surface area contributed by atoms with Crippen LogP contribution in [-0.2, 0) is 83.3 Å². The summed E-state index contributed by atoms with van der Waals surface area (Å²) in [6, 6.07) is -0.746. The number of aliphatic carboxylic acids is 4. The zero-order valence-corrected chi connectivity index (χ0v) is 48.2. The number of rotatable bonds is 43. The molecule has 0 spiro atoms. The number of anilines is 1. The Hall–Kier alpha value is -8.55. The zero-order valence-electron chi connectivity index (χ0n) is 47.4. The quantitative estimate of drug-likeness (QED) is 0.0114. The van der Waals surface area contributed by atoms with Gasteiger partial charge in [0.05, 0.1) is 54.5 Å². The lowest BCUT2D eigenvalue weighted by atomic mass is 9.91. The number of guanidine groups is 1. The fourth-order valence-electron chi connectivity index (χ4n) is 8.45. The minimum absolute atomic E-state index is 0.0258. The molecular weight excluding hydrogens is 1140 g/mol. The van der Waals surface area contributed by atoms with Crippen molar-refractivity contribution in [1.82, 2.24) is 31.5 Å². The van der Waals surface area contributed by atoms with Crippen molar-refractivity contribution in [2.75, 3.05) is 30.7 Å². The summed E-state index contributed by atoms with van der Waals surface area (Å²) in [7, 11) is 0. The third kappa shape index (κ3) is 28.1. The van der Waals surface area contributed by atoms with E-state index in [1.165, 1.54) is 6.92 Å². The minimum atomic E-state index is -1.95. The smallest absolute Gasteiger partial charge is 0.307 e. The van der Waals surface area contributed by atoms with Crippen LogP contribution in [0.3, 0.4) is 0 Å². The van der Waals surface area contributed by atoms with Gasteiger partial charge in [-0.15, -0.1) is 11.8 Å². The number of thioether (sulfide) groups is 1. The van der Waals surface area contributed by atoms with Crippen molar-refractivity contribution in [1.29, 1.82) is 0 Å². The molecule has 1 aliphatic rings. The van der Waals surface area contributed by atoms with Crippen molar-refractivity contribution in [2.24, 2.45) is 39.9 Å². The van der Waals surface area contributed by atoms with E-state index >= 15 is 0 Å². The van der Waals surface area contributed by atoms with Crippen molar-refractivity contribution in [3.63, 3.8) is 0 Å². The van der Waals surface area contributed by atoms with Crippen LogP contribution in [0, 0.1) is 17.8 Å². The molecule has 1 unspecified atom stereocenters. The van der Waals surface area contributed by atoms with Gasteiger partial charge in [-0.3, -0.25) is 81.8 Å². The molecular formula is C53H77N11O20S. The van der Waals surface area contributed by atoms with Crippen molar-refractivity contribution in [2.45, 2.75) is 153 Å². The molecule has 1 fully saturated rings. The van der Waals surface area contributed by atoms with Crippen LogP contribution in [0.15, 0.2) is 29.3 Å². The van der Waals surface area contributed by atoms with E-state index in [0.717, 1.165) is 16.7 Å². The first kappa shape index (κ1) is 72.6. The van der Waals surface area contributed by atoms with Gasteiger partial charge in [0.1, 0.15) is 18.7 Å². The number of imide groups is 1. The first-order valence-corrected chi connectivity index (χ1v) is 28.2. The van der Waals surface area contributed by atoms with Gasteiger partial charge in [0.2, 0.25) is 47.3 Å². The van der Waals surface area contributed by atoms with Gasteiger partial charge in [0.15, 0.2) is 17.5 Å². The SMILES string of the molecule is CC(=O)NCCC[C@H](NC(=O)[C@@H](NC(=O)CCCCCN1C(=O)CC(SC[C@H](CC(=O)[C@H](CC(=O)O)NC(=O)[C@H](CC(=O)O)CC(=O)[C@H](CCCN=C(N)N)NC(=O)[C@@H](N)CC(=O)O)C(=O)O)C1=O)C(C)C)C(=O)Nc1ccc(COC=O)cc1. The number of unbranched alkanes of at least 4 members (excludes halogenated alkanes) is 2. The van der Waals surface area contributed by atoms with Crippen LogP contribution in [0.2, 0.25) is 0 Å². The molecule has 32 heteroatoms. The predicted molar refractivity (Wildman–Crippen MR) is 301 cm³/mol. The number of Topliss-reactive ketones (excluding diaryl/α,β-unsaturated/α-hetero) is 2. The average Bonchev–Trinajstić information content (AvgIpc) is 3.29. The van der Waals surface area contributed by atoms with Gasteiger partial charge < -0.3 is 74.3 Å². The molecule has 1 aromatic rings. The summed E-state index contributed by atoms with van der Waals surface area (Å²) in [4.78, 5) is 194. The fraction of sp³-hybridized carbons (Fsp3) is 0.585. The van der Waals surface area contributed by atoms with Gasteiger partial charge in [-0.05, 0) is 62.1 Å². The number of nitrogens with one attached hydrogen (secondary N) is 6. The third-order valence-corrected chi connectivity index (χ3v) is 14.3. The van der Waals surface area contributed by atoms with E-state index in [0.29, 0.717) is 30.6 Å². The van der Waals surface area contributed by atoms with E-state index in [4.69, 9.17) is 27.0 Å². The molecule has 16 N–H and O–H groups in total. The number of carboxylic acid groups (broad SMARTS) is 4. The van der Waals surface area contributed by atoms with E-state index in [2.05, 4.69) is 36.9 Å². The van der Waals surface area contributed by atoms with E-state index < -0.39 is 168 Å². The summed E-state index contributed by atoms with van der Waals surface area (Å²) >= 11 is 0.753. The Balaban J connectivity index is 2.04. The number of likely N-dealkylation sites (tertiary alicyclic amines) is 1. The molecule has 0 aromatic heterocycles. The van der Waals surface area contributed by atoms with E-state index in [1.54, 1.807) is 38.1 Å². The Morgan fingerprint density at radius 2 is 1.32 bits per heavy atom. The highest BCUT2D eigenvalue weighted by Gasteiger charge is 2.40. The fourth-order valence-corrected chi connectivity index (χ4v) is 9.71. The molecule has 470 valence electrons. The molecule has 8 amide bonds. The maximum absolute atomic E-state index is 13.6. The highest BCUT2D eigenvalue weighted by molar-refractivity contribution is 8.00. The van der Waals surface area contributed by atoms with Crippen molar-refractivity contribution >= 4 is 113 Å². The van der Waals surface area contributed by atoms with Gasteiger partial charge >= 0.3 is 23.9 Å². The van der Waals surface area contributed by atoms with Crippen LogP contribution in [0.4, 0.5) is 5.69 Å². The Labute approximate surface area is 492 Å². The molecule has 0 saturated carbocycles. The van der Waals surface area contributed by atoms with Gasteiger partial charge in [-0.1, -0.05) is 32.4 Å². The molecule has 2 rings (SSSR count).